The quantitative estimate of drug-likeness (QED) is 0.229. The number of amides is 1. The molecular formula is C25H18ClN7O3. The zero-order valence-electron chi connectivity index (χ0n) is 18.8. The number of halogens is 1. The fourth-order valence-electron chi connectivity index (χ4n) is 3.75. The molecule has 0 aliphatic carbocycles. The lowest BCUT2D eigenvalue weighted by Gasteiger charge is -2.20. The van der Waals surface area contributed by atoms with E-state index in [-0.39, 0.29) is 16.3 Å². The van der Waals surface area contributed by atoms with Gasteiger partial charge in [-0.3, -0.25) is 19.9 Å². The van der Waals surface area contributed by atoms with Gasteiger partial charge in [-0.15, -0.1) is 0 Å². The molecule has 0 bridgehead atoms. The maximum absolute atomic E-state index is 12.7. The number of fused-ring (bicyclic) bond motifs is 1. The van der Waals surface area contributed by atoms with Crippen molar-refractivity contribution in [3.05, 3.63) is 100.0 Å². The Morgan fingerprint density at radius 1 is 1.08 bits per heavy atom. The average molecular weight is 500 g/mol. The molecular weight excluding hydrogens is 482 g/mol. The van der Waals surface area contributed by atoms with Gasteiger partial charge >= 0.3 is 0 Å². The number of pyridine rings is 2. The van der Waals surface area contributed by atoms with Gasteiger partial charge in [-0.25, -0.2) is 9.97 Å². The number of hydrogen-bond acceptors (Lipinski definition) is 7. The molecule has 178 valence electrons. The summed E-state index contributed by atoms with van der Waals surface area (Å²) in [5, 5.41) is 13.9. The molecule has 1 amide bonds. The van der Waals surface area contributed by atoms with Crippen LogP contribution in [0.3, 0.4) is 0 Å². The largest absolute Gasteiger partial charge is 0.338 e. The Morgan fingerprint density at radius 3 is 2.67 bits per heavy atom. The van der Waals surface area contributed by atoms with E-state index in [0.29, 0.717) is 28.4 Å². The fraction of sp³-hybridized carbons (Fsp3) is 0.0400. The third kappa shape index (κ3) is 4.44. The summed E-state index contributed by atoms with van der Waals surface area (Å²) < 4.78 is 0. The highest BCUT2D eigenvalue weighted by Gasteiger charge is 2.18. The first-order chi connectivity index (χ1) is 17.4. The van der Waals surface area contributed by atoms with Gasteiger partial charge in [0.15, 0.2) is 0 Å². The van der Waals surface area contributed by atoms with Crippen molar-refractivity contribution < 1.29 is 9.72 Å². The van der Waals surface area contributed by atoms with Crippen molar-refractivity contribution in [1.29, 1.82) is 0 Å². The highest BCUT2D eigenvalue weighted by Crippen LogP contribution is 2.32. The lowest BCUT2D eigenvalue weighted by atomic mass is 10.2. The predicted octanol–water partition coefficient (Wildman–Crippen LogP) is 5.60. The Labute approximate surface area is 209 Å². The van der Waals surface area contributed by atoms with E-state index in [1.807, 2.05) is 36.2 Å². The van der Waals surface area contributed by atoms with Gasteiger partial charge in [0.25, 0.3) is 11.6 Å². The van der Waals surface area contributed by atoms with Crippen LogP contribution in [0.15, 0.2) is 79.3 Å². The summed E-state index contributed by atoms with van der Waals surface area (Å²) in [5.41, 5.74) is 3.41. The van der Waals surface area contributed by atoms with Gasteiger partial charge in [0, 0.05) is 48.6 Å². The number of imidazole rings is 1. The molecule has 2 N–H and O–H groups in total. The van der Waals surface area contributed by atoms with E-state index in [4.69, 9.17) is 16.6 Å². The van der Waals surface area contributed by atoms with Crippen LogP contribution >= 0.6 is 11.6 Å². The lowest BCUT2D eigenvalue weighted by molar-refractivity contribution is -0.384. The first-order valence-corrected chi connectivity index (χ1v) is 11.1. The van der Waals surface area contributed by atoms with Crippen LogP contribution in [0.4, 0.5) is 22.9 Å². The number of aromatic amines is 1. The second kappa shape index (κ2) is 9.43. The van der Waals surface area contributed by atoms with Gasteiger partial charge in [0.2, 0.25) is 0 Å². The number of nitro benzene ring substituents is 1. The summed E-state index contributed by atoms with van der Waals surface area (Å²) in [5.74, 6) is 0.828. The SMILES string of the molecule is CN(c1ccncc1)c1ncccc1-c1nc2ccc(NC(=O)c3ccc(Cl)c([N+](=O)[O-])c3)cc2[nH]1. The molecule has 0 unspecified atom stereocenters. The molecule has 0 saturated heterocycles. The number of aromatic nitrogens is 4. The number of nitrogens with one attached hydrogen (secondary N) is 2. The molecule has 3 heterocycles. The molecule has 0 radical (unpaired) electrons. The number of carbonyl (C=O) groups excluding carboxylic acids is 1. The van der Waals surface area contributed by atoms with Crippen molar-refractivity contribution in [2.75, 3.05) is 17.3 Å². The van der Waals surface area contributed by atoms with E-state index in [9.17, 15) is 14.9 Å². The van der Waals surface area contributed by atoms with E-state index < -0.39 is 10.8 Å². The monoisotopic (exact) mass is 499 g/mol. The minimum absolute atomic E-state index is 0.0349. The Bertz CT molecular complexity index is 1600. The van der Waals surface area contributed by atoms with Crippen LogP contribution in [-0.4, -0.2) is 37.8 Å². The first kappa shape index (κ1) is 22.9. The zero-order valence-corrected chi connectivity index (χ0v) is 19.6. The van der Waals surface area contributed by atoms with Crippen molar-refractivity contribution in [1.82, 2.24) is 19.9 Å². The highest BCUT2D eigenvalue weighted by atomic mass is 35.5. The average Bonchev–Trinajstić information content (AvgIpc) is 3.32. The molecule has 2 aromatic carbocycles. The van der Waals surface area contributed by atoms with Gasteiger partial charge in [-0.1, -0.05) is 11.6 Å². The number of anilines is 3. The van der Waals surface area contributed by atoms with Crippen LogP contribution in [0.5, 0.6) is 0 Å². The molecule has 11 heteroatoms. The molecule has 0 spiro atoms. The standard InChI is InChI=1S/C25H18ClN7O3/c1-32(17-8-11-27-12-9-17)24-18(3-2-10-28-24)23-30-20-7-5-16(14-21(20)31-23)29-25(34)15-4-6-19(26)22(13-15)33(35)36/h2-14H,1H3,(H,29,34)(H,30,31). The zero-order chi connectivity index (χ0) is 25.2. The van der Waals surface area contributed by atoms with Crippen LogP contribution < -0.4 is 10.2 Å². The van der Waals surface area contributed by atoms with E-state index >= 15 is 0 Å². The Morgan fingerprint density at radius 2 is 1.89 bits per heavy atom. The maximum atomic E-state index is 12.7. The van der Waals surface area contributed by atoms with Crippen LogP contribution in [0.25, 0.3) is 22.4 Å². The second-order valence-corrected chi connectivity index (χ2v) is 8.24. The Kier molecular flexibility index (Phi) is 6.01. The van der Waals surface area contributed by atoms with Gasteiger partial charge in [-0.05, 0) is 54.6 Å². The van der Waals surface area contributed by atoms with E-state index in [1.165, 1.54) is 12.1 Å². The third-order valence-electron chi connectivity index (χ3n) is 5.55. The fourth-order valence-corrected chi connectivity index (χ4v) is 3.94. The van der Waals surface area contributed by atoms with E-state index in [1.54, 1.807) is 36.8 Å². The second-order valence-electron chi connectivity index (χ2n) is 7.83. The molecule has 3 aromatic heterocycles. The molecule has 5 rings (SSSR count). The van der Waals surface area contributed by atoms with Crippen molar-refractivity contribution in [3.63, 3.8) is 0 Å². The summed E-state index contributed by atoms with van der Waals surface area (Å²) in [6.45, 7) is 0. The van der Waals surface area contributed by atoms with Crippen molar-refractivity contribution in [2.45, 2.75) is 0 Å². The molecule has 5 aromatic rings. The predicted molar refractivity (Wildman–Crippen MR) is 138 cm³/mol. The molecule has 10 nitrogen and oxygen atoms in total. The van der Waals surface area contributed by atoms with Gasteiger partial charge in [-0.2, -0.15) is 0 Å². The number of hydrogen-bond donors (Lipinski definition) is 2. The van der Waals surface area contributed by atoms with Crippen LogP contribution in [0, 0.1) is 10.1 Å². The van der Waals surface area contributed by atoms with Crippen LogP contribution in [-0.2, 0) is 0 Å². The number of nitrogens with zero attached hydrogens (tertiary/aromatic N) is 5. The Hall–Kier alpha value is -4.83. The first-order valence-electron chi connectivity index (χ1n) is 10.7. The molecule has 0 aliphatic rings. The van der Waals surface area contributed by atoms with Crippen LogP contribution in [0.1, 0.15) is 10.4 Å². The molecule has 0 saturated carbocycles. The van der Waals surface area contributed by atoms with Crippen molar-refractivity contribution >= 4 is 51.4 Å². The van der Waals surface area contributed by atoms with Gasteiger partial charge in [0.1, 0.15) is 16.7 Å². The number of H-pyrrole nitrogens is 1. The number of rotatable bonds is 6. The maximum Gasteiger partial charge on any atom is 0.288 e. The highest BCUT2D eigenvalue weighted by molar-refractivity contribution is 6.32. The normalized spacial score (nSPS) is 10.8. The summed E-state index contributed by atoms with van der Waals surface area (Å²) in [4.78, 5) is 41.8. The summed E-state index contributed by atoms with van der Waals surface area (Å²) in [6.07, 6.45) is 5.15. The third-order valence-corrected chi connectivity index (χ3v) is 5.87. The molecule has 0 aliphatic heterocycles. The summed E-state index contributed by atoms with van der Waals surface area (Å²) >= 11 is 5.84. The molecule has 36 heavy (non-hydrogen) atoms. The minimum Gasteiger partial charge on any atom is -0.338 e. The summed E-state index contributed by atoms with van der Waals surface area (Å²) in [7, 11) is 1.92. The summed E-state index contributed by atoms with van der Waals surface area (Å²) in [6, 6.07) is 16.7. The molecule has 0 fully saturated rings. The van der Waals surface area contributed by atoms with Gasteiger partial charge < -0.3 is 15.2 Å². The van der Waals surface area contributed by atoms with Gasteiger partial charge in [0.05, 0.1) is 21.5 Å². The minimum atomic E-state index is -0.629. The smallest absolute Gasteiger partial charge is 0.288 e. The topological polar surface area (TPSA) is 130 Å². The van der Waals surface area contributed by atoms with Crippen LogP contribution in [0.2, 0.25) is 5.02 Å². The van der Waals surface area contributed by atoms with Crippen molar-refractivity contribution in [3.8, 4) is 11.4 Å². The molecule has 0 atom stereocenters. The number of nitro groups is 1. The number of benzene rings is 2. The van der Waals surface area contributed by atoms with E-state index in [2.05, 4.69) is 20.3 Å². The van der Waals surface area contributed by atoms with E-state index in [0.717, 1.165) is 17.3 Å². The lowest BCUT2D eigenvalue weighted by Crippen LogP contribution is -2.12. The Balaban J connectivity index is 1.44. The van der Waals surface area contributed by atoms with Crippen molar-refractivity contribution in [2.24, 2.45) is 0 Å². The number of carbonyl (C=O) groups is 1.